The van der Waals surface area contributed by atoms with Crippen LogP contribution in [-0.4, -0.2) is 29.4 Å². The number of ether oxygens (including phenoxy) is 1. The molecule has 0 heterocycles. The first-order valence-electron chi connectivity index (χ1n) is 5.95. The summed E-state index contributed by atoms with van der Waals surface area (Å²) in [7, 11) is 0. The minimum atomic E-state index is -0.790. The van der Waals surface area contributed by atoms with Gasteiger partial charge in [0.25, 0.3) is 0 Å². The lowest BCUT2D eigenvalue weighted by Crippen LogP contribution is -2.27. The minimum Gasteiger partial charge on any atom is -0.481 e. The molecule has 0 saturated heterocycles. The van der Waals surface area contributed by atoms with E-state index in [1.54, 1.807) is 6.92 Å². The third-order valence-electron chi connectivity index (χ3n) is 3.16. The molecule has 1 rings (SSSR count). The van der Waals surface area contributed by atoms with Gasteiger partial charge >= 0.3 is 11.9 Å². The van der Waals surface area contributed by atoms with Gasteiger partial charge < -0.3 is 9.84 Å². The second-order valence-corrected chi connectivity index (χ2v) is 4.33. The number of ketones is 1. The van der Waals surface area contributed by atoms with Crippen LogP contribution in [-0.2, 0) is 19.1 Å². The summed E-state index contributed by atoms with van der Waals surface area (Å²) in [6.45, 7) is 1.97. The molecule has 0 aromatic rings. The van der Waals surface area contributed by atoms with Crippen LogP contribution in [0.4, 0.5) is 0 Å². The van der Waals surface area contributed by atoms with Crippen molar-refractivity contribution in [3.63, 3.8) is 0 Å². The first-order valence-corrected chi connectivity index (χ1v) is 5.95. The van der Waals surface area contributed by atoms with Crippen LogP contribution >= 0.6 is 0 Å². The number of carboxylic acids is 1. The second-order valence-electron chi connectivity index (χ2n) is 4.33. The number of hydrogen-bond donors (Lipinski definition) is 1. The van der Waals surface area contributed by atoms with Gasteiger partial charge in [0.15, 0.2) is 0 Å². The normalized spacial score (nSPS) is 24.1. The maximum absolute atomic E-state index is 11.7. The topological polar surface area (TPSA) is 80.7 Å². The quantitative estimate of drug-likeness (QED) is 0.582. The predicted molar refractivity (Wildman–Crippen MR) is 59.3 cm³/mol. The molecule has 0 aromatic carbocycles. The Balaban J connectivity index is 2.35. The highest BCUT2D eigenvalue weighted by atomic mass is 16.5. The third kappa shape index (κ3) is 4.17. The molecular weight excluding hydrogens is 224 g/mol. The predicted octanol–water partition coefficient (Wildman–Crippen LogP) is 1.40. The summed E-state index contributed by atoms with van der Waals surface area (Å²) in [5, 5.41) is 8.82. The zero-order valence-electron chi connectivity index (χ0n) is 9.98. The average molecular weight is 242 g/mol. The van der Waals surface area contributed by atoms with Crippen molar-refractivity contribution >= 4 is 17.7 Å². The number of hydrogen-bond acceptors (Lipinski definition) is 4. The molecule has 5 heteroatoms. The van der Waals surface area contributed by atoms with Crippen molar-refractivity contribution in [2.75, 3.05) is 6.61 Å². The molecule has 0 radical (unpaired) electrons. The van der Waals surface area contributed by atoms with Crippen LogP contribution in [0.1, 0.15) is 39.0 Å². The average Bonchev–Trinajstić information content (AvgIpc) is 2.29. The molecule has 96 valence electrons. The summed E-state index contributed by atoms with van der Waals surface area (Å²) in [6, 6.07) is 0. The van der Waals surface area contributed by atoms with Gasteiger partial charge in [-0.15, -0.1) is 0 Å². The van der Waals surface area contributed by atoms with E-state index in [0.717, 1.165) is 0 Å². The van der Waals surface area contributed by atoms with Gasteiger partial charge in [-0.25, -0.2) is 0 Å². The van der Waals surface area contributed by atoms with Crippen molar-refractivity contribution in [1.29, 1.82) is 0 Å². The van der Waals surface area contributed by atoms with Crippen molar-refractivity contribution in [2.24, 2.45) is 11.8 Å². The van der Waals surface area contributed by atoms with Gasteiger partial charge in [-0.1, -0.05) is 0 Å². The molecule has 1 N–H and O–H groups in total. The minimum absolute atomic E-state index is 0.118. The SMILES string of the molecule is CCOC(=O)CC(=O)C1CCC(C(=O)O)CC1. The molecule has 0 aliphatic heterocycles. The fraction of sp³-hybridized carbons (Fsp3) is 0.750. The molecule has 1 aliphatic rings. The highest BCUT2D eigenvalue weighted by Crippen LogP contribution is 2.30. The van der Waals surface area contributed by atoms with E-state index in [1.165, 1.54) is 0 Å². The maximum Gasteiger partial charge on any atom is 0.313 e. The Kier molecular flexibility index (Phi) is 5.12. The Morgan fingerprint density at radius 3 is 2.12 bits per heavy atom. The molecule has 17 heavy (non-hydrogen) atoms. The van der Waals surface area contributed by atoms with Crippen LogP contribution in [0.15, 0.2) is 0 Å². The van der Waals surface area contributed by atoms with Gasteiger partial charge in [0.05, 0.1) is 12.5 Å². The first-order chi connectivity index (χ1) is 8.04. The van der Waals surface area contributed by atoms with Crippen molar-refractivity contribution in [2.45, 2.75) is 39.0 Å². The summed E-state index contributed by atoms with van der Waals surface area (Å²) >= 11 is 0. The molecule has 0 spiro atoms. The van der Waals surface area contributed by atoms with Gasteiger partial charge in [0.2, 0.25) is 0 Å². The van der Waals surface area contributed by atoms with Crippen molar-refractivity contribution in [3.05, 3.63) is 0 Å². The monoisotopic (exact) mass is 242 g/mol. The number of esters is 1. The van der Waals surface area contributed by atoms with Gasteiger partial charge in [0.1, 0.15) is 12.2 Å². The van der Waals surface area contributed by atoms with E-state index in [1.807, 2.05) is 0 Å². The smallest absolute Gasteiger partial charge is 0.313 e. The molecule has 0 unspecified atom stereocenters. The van der Waals surface area contributed by atoms with Crippen LogP contribution < -0.4 is 0 Å². The largest absolute Gasteiger partial charge is 0.481 e. The Morgan fingerprint density at radius 1 is 1.12 bits per heavy atom. The molecule has 0 aromatic heterocycles. The number of carbonyl (C=O) groups excluding carboxylic acids is 2. The van der Waals surface area contributed by atoms with E-state index in [-0.39, 0.29) is 30.6 Å². The summed E-state index contributed by atoms with van der Waals surface area (Å²) in [6.07, 6.45) is 1.99. The lowest BCUT2D eigenvalue weighted by atomic mass is 9.79. The summed E-state index contributed by atoms with van der Waals surface area (Å²) in [5.41, 5.74) is 0. The summed E-state index contributed by atoms with van der Waals surface area (Å²) < 4.78 is 4.71. The molecular formula is C12H18O5. The van der Waals surface area contributed by atoms with Crippen LogP contribution in [0, 0.1) is 11.8 Å². The Labute approximate surface area is 100 Å². The first kappa shape index (κ1) is 13.7. The number of aliphatic carboxylic acids is 1. The van der Waals surface area contributed by atoms with E-state index in [9.17, 15) is 14.4 Å². The van der Waals surface area contributed by atoms with Crippen molar-refractivity contribution < 1.29 is 24.2 Å². The Hall–Kier alpha value is -1.39. The molecule has 1 fully saturated rings. The van der Waals surface area contributed by atoms with Gasteiger partial charge in [-0.2, -0.15) is 0 Å². The van der Waals surface area contributed by atoms with Crippen LogP contribution in [0.25, 0.3) is 0 Å². The van der Waals surface area contributed by atoms with E-state index < -0.39 is 11.9 Å². The molecule has 5 nitrogen and oxygen atoms in total. The molecule has 1 aliphatic carbocycles. The summed E-state index contributed by atoms with van der Waals surface area (Å²) in [4.78, 5) is 33.6. The number of Topliss-reactive ketones (excluding diaryl/α,β-unsaturated/α-hetero) is 1. The van der Waals surface area contributed by atoms with Crippen molar-refractivity contribution in [3.8, 4) is 0 Å². The zero-order chi connectivity index (χ0) is 12.8. The molecule has 0 atom stereocenters. The number of carboxylic acid groups (broad SMARTS) is 1. The number of carbonyl (C=O) groups is 3. The molecule has 1 saturated carbocycles. The standard InChI is InChI=1S/C12H18O5/c1-2-17-11(14)7-10(13)8-3-5-9(6-4-8)12(15)16/h8-9H,2-7H2,1H3,(H,15,16). The van der Waals surface area contributed by atoms with Gasteiger partial charge in [-0.3, -0.25) is 14.4 Å². The highest BCUT2D eigenvalue weighted by molar-refractivity contribution is 5.96. The zero-order valence-corrected chi connectivity index (χ0v) is 9.98. The van der Waals surface area contributed by atoms with Gasteiger partial charge in [-0.05, 0) is 32.6 Å². The third-order valence-corrected chi connectivity index (χ3v) is 3.16. The van der Waals surface area contributed by atoms with Crippen molar-refractivity contribution in [1.82, 2.24) is 0 Å². The Morgan fingerprint density at radius 2 is 1.65 bits per heavy atom. The summed E-state index contributed by atoms with van der Waals surface area (Å²) in [5.74, 6) is -1.90. The lowest BCUT2D eigenvalue weighted by Gasteiger charge is -2.24. The van der Waals surface area contributed by atoms with E-state index in [4.69, 9.17) is 9.84 Å². The van der Waals surface area contributed by atoms with Crippen LogP contribution in [0.5, 0.6) is 0 Å². The second kappa shape index (κ2) is 6.37. The van der Waals surface area contributed by atoms with E-state index in [0.29, 0.717) is 25.7 Å². The van der Waals surface area contributed by atoms with Crippen LogP contribution in [0.3, 0.4) is 0 Å². The lowest BCUT2D eigenvalue weighted by molar-refractivity contribution is -0.148. The van der Waals surface area contributed by atoms with E-state index in [2.05, 4.69) is 0 Å². The maximum atomic E-state index is 11.7. The van der Waals surface area contributed by atoms with Crippen LogP contribution in [0.2, 0.25) is 0 Å². The fourth-order valence-electron chi connectivity index (χ4n) is 2.16. The van der Waals surface area contributed by atoms with Gasteiger partial charge in [0, 0.05) is 5.92 Å². The number of rotatable bonds is 5. The highest BCUT2D eigenvalue weighted by Gasteiger charge is 2.30. The molecule has 0 bridgehead atoms. The molecule has 0 amide bonds. The fourth-order valence-corrected chi connectivity index (χ4v) is 2.16. The Bertz CT molecular complexity index is 302. The van der Waals surface area contributed by atoms with E-state index >= 15 is 0 Å².